The van der Waals surface area contributed by atoms with Crippen LogP contribution in [0.25, 0.3) is 6.08 Å². The van der Waals surface area contributed by atoms with Crippen molar-refractivity contribution in [1.29, 1.82) is 0 Å². The van der Waals surface area contributed by atoms with Gasteiger partial charge in [0.2, 0.25) is 0 Å². The highest BCUT2D eigenvalue weighted by Crippen LogP contribution is 2.52. The zero-order valence-corrected chi connectivity index (χ0v) is 33.4. The summed E-state index contributed by atoms with van der Waals surface area (Å²) in [7, 11) is -29.7. The van der Waals surface area contributed by atoms with Crippen LogP contribution in [0.5, 0.6) is 0 Å². The van der Waals surface area contributed by atoms with Crippen molar-refractivity contribution in [2.45, 2.75) is 90.8 Å². The van der Waals surface area contributed by atoms with Crippen LogP contribution in [0.2, 0.25) is 42.3 Å². The third-order valence-corrected chi connectivity index (χ3v) is 44.7. The summed E-state index contributed by atoms with van der Waals surface area (Å²) in [6.45, 7) is 17.8. The summed E-state index contributed by atoms with van der Waals surface area (Å²) >= 11 is 0. The van der Waals surface area contributed by atoms with Gasteiger partial charge in [-0.1, -0.05) is 85.4 Å². The van der Waals surface area contributed by atoms with Gasteiger partial charge < -0.3 is 49.4 Å². The molecule has 234 valence electrons. The largest absolute Gasteiger partial charge is 0.515 e. The fraction of sp³-hybridized carbons (Fsp3) is 0.636. The van der Waals surface area contributed by atoms with Gasteiger partial charge in [-0.25, -0.2) is 0 Å². The smallest absolute Gasteiger partial charge is 0.373 e. The average molecular weight is 723 g/mol. The van der Waals surface area contributed by atoms with Gasteiger partial charge in [-0.15, -0.1) is 0 Å². The Kier molecular flexibility index (Phi) is 8.34. The maximum atomic E-state index is 7.29. The minimum Gasteiger partial charge on any atom is -0.373 e. The van der Waals surface area contributed by atoms with Gasteiger partial charge in [0.15, 0.2) is 0 Å². The molecule has 0 radical (unpaired) electrons. The summed E-state index contributed by atoms with van der Waals surface area (Å²) in [5.74, 6) is 0. The Balaban J connectivity index is 1.70. The first-order chi connectivity index (χ1) is 19.9. The molecule has 20 heteroatoms. The van der Waals surface area contributed by atoms with Crippen LogP contribution in [0.3, 0.4) is 0 Å². The van der Waals surface area contributed by atoms with Crippen LogP contribution < -0.4 is 5.19 Å². The Hall–Kier alpha value is 0.215. The molecule has 0 amide bonds. The minimum absolute atomic E-state index is 0.403. The second-order valence-electron chi connectivity index (χ2n) is 10.9. The lowest BCUT2D eigenvalue weighted by atomic mass is 10.2. The summed E-state index contributed by atoms with van der Waals surface area (Å²) < 4.78 is 86.1. The number of benzene rings is 1. The van der Waals surface area contributed by atoms with E-state index >= 15 is 0 Å². The highest BCUT2D eigenvalue weighted by Gasteiger charge is 2.82. The van der Waals surface area contributed by atoms with E-state index in [1.807, 2.05) is 72.7 Å². The molecule has 42 heavy (non-hydrogen) atoms. The van der Waals surface area contributed by atoms with Crippen molar-refractivity contribution in [2.24, 2.45) is 0 Å². The normalized spacial score (nSPS) is 47.8. The van der Waals surface area contributed by atoms with Gasteiger partial charge in [0.1, 0.15) is 0 Å². The third kappa shape index (κ3) is 5.00. The topological polar surface area (TPSA) is 111 Å². The quantitative estimate of drug-likeness (QED) is 0.336. The Morgan fingerprint density at radius 2 is 0.667 bits per heavy atom. The molecule has 6 heterocycles. The summed E-state index contributed by atoms with van der Waals surface area (Å²) in [6, 6.07) is 10.7. The molecule has 0 unspecified atom stereocenters. The van der Waals surface area contributed by atoms with Gasteiger partial charge in [-0.3, -0.25) is 0 Å². The molecule has 0 aliphatic carbocycles. The number of hydrogen-bond acceptors (Lipinski definition) is 12. The molecule has 0 aromatic heterocycles. The van der Waals surface area contributed by atoms with Crippen molar-refractivity contribution in [2.75, 3.05) is 0 Å². The van der Waals surface area contributed by atoms with Gasteiger partial charge >= 0.3 is 70.4 Å². The van der Waals surface area contributed by atoms with Gasteiger partial charge in [0.05, 0.1) is 0 Å². The Bertz CT molecular complexity index is 1090. The number of hydrogen-bond donors (Lipinski definition) is 0. The monoisotopic (exact) mass is 722 g/mol. The van der Waals surface area contributed by atoms with E-state index in [-0.39, 0.29) is 0 Å². The first-order valence-corrected chi connectivity index (χ1v) is 30.3. The second-order valence-corrected chi connectivity index (χ2v) is 36.9. The van der Waals surface area contributed by atoms with Crippen molar-refractivity contribution < 1.29 is 49.4 Å². The molecule has 0 atom stereocenters. The molecule has 7 rings (SSSR count). The Morgan fingerprint density at radius 1 is 0.429 bits per heavy atom. The number of rotatable bonds is 9. The van der Waals surface area contributed by atoms with Gasteiger partial charge in [-0.05, 0) is 5.56 Å². The van der Waals surface area contributed by atoms with Crippen LogP contribution in [-0.2, 0) is 49.4 Å². The standard InChI is InChI=1S/C22H42O12Si8/c1-9-21-17-19-22(20-18-21)42-32-39(14-6)26-36(11-3)23-35(10-2)24-37(12-4,28-39)30-41(16-8,34-42)31-38(13-5,25-35)29-40(15-7,27-36)33-42/h9,17-20H,1,10-16H2,2-8H3. The zero-order valence-electron chi connectivity index (χ0n) is 25.4. The molecule has 0 spiro atoms. The van der Waals surface area contributed by atoms with E-state index in [9.17, 15) is 0 Å². The highest BCUT2D eigenvalue weighted by atomic mass is 28.6. The van der Waals surface area contributed by atoms with Crippen LogP contribution in [-0.4, -0.2) is 70.4 Å². The van der Waals surface area contributed by atoms with Gasteiger partial charge in [-0.2, -0.15) is 0 Å². The Morgan fingerprint density at radius 3 is 0.881 bits per heavy atom. The molecule has 1 aromatic carbocycles. The highest BCUT2D eigenvalue weighted by molar-refractivity contribution is 7.05. The molecule has 6 fully saturated rings. The summed E-state index contributed by atoms with van der Waals surface area (Å²) in [6.07, 6.45) is 1.79. The molecule has 1 aromatic rings. The molecule has 0 N–H and O–H groups in total. The molecular formula is C22H42O12Si8. The van der Waals surface area contributed by atoms with E-state index in [0.29, 0.717) is 42.3 Å². The van der Waals surface area contributed by atoms with Crippen LogP contribution in [0, 0.1) is 0 Å². The summed E-state index contributed by atoms with van der Waals surface area (Å²) in [5, 5.41) is 0.719. The minimum atomic E-state index is -4.00. The van der Waals surface area contributed by atoms with Crippen molar-refractivity contribution in [3.63, 3.8) is 0 Å². The fourth-order valence-electron chi connectivity index (χ4n) is 5.76. The van der Waals surface area contributed by atoms with E-state index in [1.54, 1.807) is 6.08 Å². The van der Waals surface area contributed by atoms with Crippen LogP contribution in [0.15, 0.2) is 30.8 Å². The van der Waals surface area contributed by atoms with Gasteiger partial charge in [0.25, 0.3) is 0 Å². The van der Waals surface area contributed by atoms with E-state index in [0.717, 1.165) is 10.8 Å². The van der Waals surface area contributed by atoms with E-state index < -0.39 is 70.4 Å². The first kappa shape index (κ1) is 32.2. The van der Waals surface area contributed by atoms with Crippen molar-refractivity contribution >= 4 is 81.7 Å². The SMILES string of the molecule is C=Cc1ccc([Si]23O[Si]4(CC)O[Si]5(CC)O[Si]6(CC)O[Si](CC)(O4)O[Si](CC)(O[Si](CC)(O6)O[Si](CC)(O5)O2)O3)cc1. The lowest BCUT2D eigenvalue weighted by Gasteiger charge is -2.62. The molecule has 12 nitrogen and oxygen atoms in total. The van der Waals surface area contributed by atoms with E-state index in [4.69, 9.17) is 49.4 Å². The Labute approximate surface area is 257 Å². The van der Waals surface area contributed by atoms with Crippen molar-refractivity contribution in [1.82, 2.24) is 0 Å². The average Bonchev–Trinajstić information content (AvgIpc) is 2.96. The molecular weight excluding hydrogens is 681 g/mol. The van der Waals surface area contributed by atoms with E-state index in [2.05, 4.69) is 6.58 Å². The summed E-state index contributed by atoms with van der Waals surface area (Å²) in [5.41, 5.74) is 0.949. The van der Waals surface area contributed by atoms with Gasteiger partial charge in [0, 0.05) is 47.5 Å². The molecule has 0 saturated carbocycles. The van der Waals surface area contributed by atoms with Crippen LogP contribution in [0.4, 0.5) is 0 Å². The maximum absolute atomic E-state index is 7.29. The predicted octanol–water partition coefficient (Wildman–Crippen LogP) is 4.45. The molecule has 6 aliphatic rings. The molecule has 8 bridgehead atoms. The van der Waals surface area contributed by atoms with Crippen molar-refractivity contribution in [3.05, 3.63) is 36.4 Å². The van der Waals surface area contributed by atoms with Crippen LogP contribution in [0.1, 0.15) is 54.0 Å². The van der Waals surface area contributed by atoms with Crippen LogP contribution >= 0.6 is 0 Å². The van der Waals surface area contributed by atoms with Crippen molar-refractivity contribution in [3.8, 4) is 0 Å². The molecule has 6 aliphatic heterocycles. The fourth-order valence-corrected chi connectivity index (χ4v) is 54.8. The zero-order chi connectivity index (χ0) is 30.1. The third-order valence-electron chi connectivity index (χ3n) is 8.20. The summed E-state index contributed by atoms with van der Waals surface area (Å²) in [4.78, 5) is 0. The van der Waals surface area contributed by atoms with E-state index in [1.165, 1.54) is 0 Å². The predicted molar refractivity (Wildman–Crippen MR) is 169 cm³/mol. The second kappa shape index (κ2) is 10.9. The maximum Gasteiger partial charge on any atom is 0.515 e. The first-order valence-electron chi connectivity index (χ1n) is 15.1. The lowest BCUT2D eigenvalue weighted by molar-refractivity contribution is -0.0255. The lowest BCUT2D eigenvalue weighted by Crippen LogP contribution is -2.89. The molecule has 6 saturated heterocycles.